The van der Waals surface area contributed by atoms with E-state index in [9.17, 15) is 13.2 Å². The van der Waals surface area contributed by atoms with Crippen LogP contribution in [0.1, 0.15) is 12.0 Å². The zero-order valence-electron chi connectivity index (χ0n) is 6.72. The van der Waals surface area contributed by atoms with Gasteiger partial charge in [0.2, 0.25) is 0 Å². The molecule has 1 aromatic heterocycles. The first-order chi connectivity index (χ1) is 6.06. The van der Waals surface area contributed by atoms with Crippen molar-refractivity contribution in [3.63, 3.8) is 0 Å². The van der Waals surface area contributed by atoms with Crippen LogP contribution in [-0.2, 0) is 0 Å². The van der Waals surface area contributed by atoms with E-state index in [2.05, 4.69) is 9.72 Å². The first-order valence-corrected chi connectivity index (χ1v) is 3.34. The van der Waals surface area contributed by atoms with Gasteiger partial charge in [0.15, 0.2) is 5.82 Å². The molecule has 0 amide bonds. The minimum absolute atomic E-state index is 0.387. The molecule has 0 saturated carbocycles. The maximum Gasteiger partial charge on any atom is 0.267 e. The zero-order valence-corrected chi connectivity index (χ0v) is 6.72. The quantitative estimate of drug-likeness (QED) is 0.776. The number of hydrogen-bond acceptors (Lipinski definition) is 3. The lowest BCUT2D eigenvalue weighted by molar-refractivity contribution is 0.151. The van der Waals surface area contributed by atoms with E-state index in [0.29, 0.717) is 6.07 Å². The number of methoxy groups -OCH3 is 1. The largest absolute Gasteiger partial charge is 0.479 e. The normalized spacial score (nSPS) is 10.5. The Hall–Kier alpha value is -1.46. The molecule has 0 bridgehead atoms. The predicted octanol–water partition coefficient (Wildman–Crippen LogP) is 1.75. The molecule has 72 valence electrons. The molecule has 0 aromatic carbocycles. The van der Waals surface area contributed by atoms with Crippen molar-refractivity contribution >= 4 is 5.82 Å². The summed E-state index contributed by atoms with van der Waals surface area (Å²) in [6.07, 6.45) is -2.84. The summed E-state index contributed by atoms with van der Waals surface area (Å²) in [5.41, 5.74) is 4.50. The number of hydrogen-bond donors (Lipinski definition) is 1. The van der Waals surface area contributed by atoms with Gasteiger partial charge in [-0.25, -0.2) is 13.2 Å². The Balaban J connectivity index is 3.20. The molecule has 3 nitrogen and oxygen atoms in total. The highest BCUT2D eigenvalue weighted by Gasteiger charge is 2.16. The van der Waals surface area contributed by atoms with Gasteiger partial charge in [0.1, 0.15) is 5.82 Å². The molecule has 0 radical (unpaired) electrons. The fourth-order valence-electron chi connectivity index (χ4n) is 0.817. The van der Waals surface area contributed by atoms with Crippen molar-refractivity contribution in [3.05, 3.63) is 17.4 Å². The molecule has 0 aliphatic rings. The van der Waals surface area contributed by atoms with Crippen molar-refractivity contribution in [2.45, 2.75) is 6.43 Å². The van der Waals surface area contributed by atoms with Crippen molar-refractivity contribution in [3.8, 4) is 5.88 Å². The summed E-state index contributed by atoms with van der Waals surface area (Å²) in [4.78, 5) is 3.31. The Morgan fingerprint density at radius 3 is 2.62 bits per heavy atom. The summed E-state index contributed by atoms with van der Waals surface area (Å²) < 4.78 is 41.5. The van der Waals surface area contributed by atoms with Gasteiger partial charge in [-0.15, -0.1) is 0 Å². The highest BCUT2D eigenvalue weighted by Crippen LogP contribution is 2.27. The van der Waals surface area contributed by atoms with Crippen LogP contribution in [0.4, 0.5) is 19.0 Å². The van der Waals surface area contributed by atoms with Crippen LogP contribution in [0, 0.1) is 5.82 Å². The lowest BCUT2D eigenvalue weighted by Crippen LogP contribution is -2.02. The number of nitrogens with two attached hydrogens (primary N) is 1. The molecule has 2 N–H and O–H groups in total. The second-order valence-corrected chi connectivity index (χ2v) is 2.25. The fraction of sp³-hybridized carbons (Fsp3) is 0.286. The van der Waals surface area contributed by atoms with Crippen LogP contribution in [0.3, 0.4) is 0 Å². The summed E-state index contributed by atoms with van der Waals surface area (Å²) in [7, 11) is 1.17. The number of anilines is 1. The highest BCUT2D eigenvalue weighted by molar-refractivity contribution is 5.43. The molecule has 1 aromatic rings. The van der Waals surface area contributed by atoms with Gasteiger partial charge in [0, 0.05) is 0 Å². The van der Waals surface area contributed by atoms with E-state index in [-0.39, 0.29) is 5.88 Å². The molecule has 0 fully saturated rings. The Kier molecular flexibility index (Phi) is 2.60. The number of aromatic nitrogens is 1. The molecule has 0 aliphatic heterocycles. The second-order valence-electron chi connectivity index (χ2n) is 2.25. The van der Waals surface area contributed by atoms with Crippen LogP contribution in [-0.4, -0.2) is 12.1 Å². The molecule has 1 rings (SSSR count). The third-order valence-electron chi connectivity index (χ3n) is 1.43. The van der Waals surface area contributed by atoms with Crippen LogP contribution in [0.5, 0.6) is 5.88 Å². The van der Waals surface area contributed by atoms with Crippen LogP contribution < -0.4 is 10.5 Å². The number of rotatable bonds is 2. The molecule has 6 heteroatoms. The Morgan fingerprint density at radius 2 is 2.15 bits per heavy atom. The minimum Gasteiger partial charge on any atom is -0.479 e. The number of nitrogen functional groups attached to an aromatic ring is 1. The number of nitrogens with zero attached hydrogens (tertiary/aromatic N) is 1. The van der Waals surface area contributed by atoms with E-state index in [4.69, 9.17) is 5.73 Å². The van der Waals surface area contributed by atoms with Crippen LogP contribution in [0.25, 0.3) is 0 Å². The number of alkyl halides is 2. The number of ether oxygens (including phenoxy) is 1. The smallest absolute Gasteiger partial charge is 0.267 e. The molecule has 0 unspecified atom stereocenters. The Labute approximate surface area is 72.3 Å². The summed E-state index contributed by atoms with van der Waals surface area (Å²) in [5.74, 6) is -1.76. The minimum atomic E-state index is -2.84. The van der Waals surface area contributed by atoms with Gasteiger partial charge >= 0.3 is 0 Å². The average Bonchev–Trinajstić information content (AvgIpc) is 2.07. The second kappa shape index (κ2) is 3.51. The molecule has 0 atom stereocenters. The van der Waals surface area contributed by atoms with E-state index < -0.39 is 23.6 Å². The predicted molar refractivity (Wildman–Crippen MR) is 40.1 cm³/mol. The molecule has 0 aliphatic carbocycles. The van der Waals surface area contributed by atoms with Crippen molar-refractivity contribution in [2.75, 3.05) is 12.8 Å². The SMILES string of the molecule is COc1nc(N)c(C(F)F)cc1F. The van der Waals surface area contributed by atoms with Crippen molar-refractivity contribution in [1.29, 1.82) is 0 Å². The van der Waals surface area contributed by atoms with Gasteiger partial charge in [0.25, 0.3) is 12.3 Å². The van der Waals surface area contributed by atoms with Crippen molar-refractivity contribution in [1.82, 2.24) is 4.98 Å². The van der Waals surface area contributed by atoms with Crippen molar-refractivity contribution in [2.24, 2.45) is 0 Å². The summed E-state index contributed by atoms with van der Waals surface area (Å²) in [6, 6.07) is 0.617. The monoisotopic (exact) mass is 192 g/mol. The van der Waals surface area contributed by atoms with Gasteiger partial charge in [-0.1, -0.05) is 0 Å². The van der Waals surface area contributed by atoms with Gasteiger partial charge in [-0.3, -0.25) is 0 Å². The molecule has 0 spiro atoms. The molecule has 13 heavy (non-hydrogen) atoms. The topological polar surface area (TPSA) is 48.1 Å². The first kappa shape index (κ1) is 9.63. The number of pyridine rings is 1. The highest BCUT2D eigenvalue weighted by atomic mass is 19.3. The van der Waals surface area contributed by atoms with E-state index in [1.807, 2.05) is 0 Å². The standard InChI is InChI=1S/C7H7F3N2O/c1-13-7-4(8)2-3(5(9)10)6(11)12-7/h2,5H,1H3,(H2,11,12). The van der Waals surface area contributed by atoms with Gasteiger partial charge in [-0.2, -0.15) is 4.98 Å². The van der Waals surface area contributed by atoms with Crippen LogP contribution in [0.2, 0.25) is 0 Å². The van der Waals surface area contributed by atoms with Crippen LogP contribution >= 0.6 is 0 Å². The van der Waals surface area contributed by atoms with E-state index in [1.54, 1.807) is 0 Å². The Bertz CT molecular complexity index is 317. The maximum atomic E-state index is 12.8. The number of halogens is 3. The van der Waals surface area contributed by atoms with E-state index in [1.165, 1.54) is 7.11 Å². The average molecular weight is 192 g/mol. The third-order valence-corrected chi connectivity index (χ3v) is 1.43. The fourth-order valence-corrected chi connectivity index (χ4v) is 0.817. The lowest BCUT2D eigenvalue weighted by atomic mass is 10.2. The first-order valence-electron chi connectivity index (χ1n) is 3.34. The zero-order chi connectivity index (χ0) is 10.0. The molecular weight excluding hydrogens is 185 g/mol. The lowest BCUT2D eigenvalue weighted by Gasteiger charge is -2.06. The van der Waals surface area contributed by atoms with Gasteiger partial charge < -0.3 is 10.5 Å². The maximum absolute atomic E-state index is 12.8. The Morgan fingerprint density at radius 1 is 1.54 bits per heavy atom. The van der Waals surface area contributed by atoms with E-state index in [0.717, 1.165) is 0 Å². The van der Waals surface area contributed by atoms with Gasteiger partial charge in [0.05, 0.1) is 12.7 Å². The van der Waals surface area contributed by atoms with Crippen molar-refractivity contribution < 1.29 is 17.9 Å². The molecular formula is C7H7F3N2O. The summed E-state index contributed by atoms with van der Waals surface area (Å²) >= 11 is 0. The molecule has 0 saturated heterocycles. The van der Waals surface area contributed by atoms with E-state index >= 15 is 0 Å². The van der Waals surface area contributed by atoms with Gasteiger partial charge in [-0.05, 0) is 6.07 Å². The van der Waals surface area contributed by atoms with Crippen LogP contribution in [0.15, 0.2) is 6.07 Å². The molecule has 1 heterocycles. The summed E-state index contributed by atoms with van der Waals surface area (Å²) in [5, 5.41) is 0. The third kappa shape index (κ3) is 1.82. The summed E-state index contributed by atoms with van der Waals surface area (Å²) in [6.45, 7) is 0.